The molecule has 0 radical (unpaired) electrons. The van der Waals surface area contributed by atoms with Gasteiger partial charge in [0.05, 0.1) is 11.1 Å². The number of nitro benzene ring substituents is 1. The number of para-hydroxylation sites is 2. The van der Waals surface area contributed by atoms with Gasteiger partial charge < -0.3 is 5.32 Å². The van der Waals surface area contributed by atoms with Crippen molar-refractivity contribution in [3.05, 3.63) is 40.6 Å². The highest BCUT2D eigenvalue weighted by atomic mass is 32.1. The Morgan fingerprint density at radius 3 is 2.78 bits per heavy atom. The number of carbonyl (C=O) groups excluding carboxylic acids is 1. The zero-order valence-electron chi connectivity index (χ0n) is 8.86. The van der Waals surface area contributed by atoms with Gasteiger partial charge in [-0.3, -0.25) is 15.4 Å². The Bertz CT molecular complexity index is 571. The maximum atomic E-state index is 11.6. The first-order chi connectivity index (χ1) is 8.66. The van der Waals surface area contributed by atoms with Crippen LogP contribution in [0.2, 0.25) is 0 Å². The molecule has 2 N–H and O–H groups in total. The van der Waals surface area contributed by atoms with E-state index in [0.717, 1.165) is 11.5 Å². The van der Waals surface area contributed by atoms with Crippen molar-refractivity contribution in [2.24, 2.45) is 0 Å². The summed E-state index contributed by atoms with van der Waals surface area (Å²) in [5, 5.41) is 19.6. The number of carbonyl (C=O) groups is 1. The number of nitro groups is 1. The fourth-order valence-corrected chi connectivity index (χ4v) is 1.64. The van der Waals surface area contributed by atoms with Gasteiger partial charge >= 0.3 is 6.03 Å². The van der Waals surface area contributed by atoms with Crippen LogP contribution in [-0.2, 0) is 0 Å². The highest BCUT2D eigenvalue weighted by Crippen LogP contribution is 2.23. The number of nitrogens with one attached hydrogen (secondary N) is 2. The molecule has 0 unspecified atom stereocenters. The van der Waals surface area contributed by atoms with Crippen LogP contribution < -0.4 is 10.6 Å². The first-order valence-corrected chi connectivity index (χ1v) is 5.53. The van der Waals surface area contributed by atoms with Gasteiger partial charge in [0.1, 0.15) is 10.7 Å². The van der Waals surface area contributed by atoms with E-state index in [1.807, 2.05) is 0 Å². The monoisotopic (exact) mass is 265 g/mol. The minimum Gasteiger partial charge on any atom is -0.302 e. The lowest BCUT2D eigenvalue weighted by molar-refractivity contribution is -0.383. The van der Waals surface area contributed by atoms with Crippen molar-refractivity contribution >= 4 is 33.9 Å². The van der Waals surface area contributed by atoms with Crippen LogP contribution in [-0.4, -0.2) is 20.5 Å². The van der Waals surface area contributed by atoms with Crippen molar-refractivity contribution in [2.75, 3.05) is 10.6 Å². The van der Waals surface area contributed by atoms with E-state index in [1.165, 1.54) is 24.4 Å². The van der Waals surface area contributed by atoms with Crippen molar-refractivity contribution in [1.82, 2.24) is 9.59 Å². The largest absolute Gasteiger partial charge is 0.324 e. The number of rotatable bonds is 3. The van der Waals surface area contributed by atoms with Crippen molar-refractivity contribution < 1.29 is 9.72 Å². The first kappa shape index (κ1) is 11.9. The molecular formula is C9H7N5O3S. The number of hydrogen-bond acceptors (Lipinski definition) is 6. The average Bonchev–Trinajstić information content (AvgIpc) is 2.82. The molecule has 0 fully saturated rings. The first-order valence-electron chi connectivity index (χ1n) is 4.75. The van der Waals surface area contributed by atoms with Crippen LogP contribution in [0, 0.1) is 10.1 Å². The Morgan fingerprint density at radius 2 is 2.11 bits per heavy atom. The van der Waals surface area contributed by atoms with Gasteiger partial charge in [0.25, 0.3) is 5.69 Å². The van der Waals surface area contributed by atoms with Crippen LogP contribution in [0.1, 0.15) is 0 Å². The van der Waals surface area contributed by atoms with E-state index in [0.29, 0.717) is 5.00 Å². The van der Waals surface area contributed by atoms with Crippen molar-refractivity contribution in [3.8, 4) is 0 Å². The summed E-state index contributed by atoms with van der Waals surface area (Å²) in [6.45, 7) is 0. The lowest BCUT2D eigenvalue weighted by atomic mass is 10.3. The molecule has 9 heteroatoms. The number of aromatic nitrogens is 2. The molecule has 0 aliphatic carbocycles. The molecule has 0 aliphatic heterocycles. The third kappa shape index (κ3) is 2.77. The molecule has 0 spiro atoms. The highest BCUT2D eigenvalue weighted by Gasteiger charge is 2.14. The maximum absolute atomic E-state index is 11.6. The molecule has 0 saturated carbocycles. The van der Waals surface area contributed by atoms with Gasteiger partial charge in [0.15, 0.2) is 0 Å². The molecule has 1 aromatic carbocycles. The smallest absolute Gasteiger partial charge is 0.302 e. The molecule has 1 heterocycles. The lowest BCUT2D eigenvalue weighted by Gasteiger charge is -2.05. The zero-order chi connectivity index (χ0) is 13.0. The molecule has 2 amide bonds. The van der Waals surface area contributed by atoms with Crippen LogP contribution in [0.4, 0.5) is 21.2 Å². The number of nitrogens with zero attached hydrogens (tertiary/aromatic N) is 3. The SMILES string of the molecule is O=C(Nc1cnns1)Nc1ccccc1[N+](=O)[O-]. The molecule has 0 bridgehead atoms. The molecule has 8 nitrogen and oxygen atoms in total. The Morgan fingerprint density at radius 1 is 1.33 bits per heavy atom. The quantitative estimate of drug-likeness (QED) is 0.652. The molecule has 0 aliphatic rings. The van der Waals surface area contributed by atoms with Crippen LogP contribution in [0.5, 0.6) is 0 Å². The van der Waals surface area contributed by atoms with Gasteiger partial charge in [-0.15, -0.1) is 5.10 Å². The van der Waals surface area contributed by atoms with Crippen LogP contribution in [0.25, 0.3) is 0 Å². The van der Waals surface area contributed by atoms with Crippen molar-refractivity contribution in [1.29, 1.82) is 0 Å². The third-order valence-corrected chi connectivity index (χ3v) is 2.53. The van der Waals surface area contributed by atoms with Gasteiger partial charge in [-0.1, -0.05) is 16.6 Å². The summed E-state index contributed by atoms with van der Waals surface area (Å²) in [6.07, 6.45) is 1.38. The third-order valence-electron chi connectivity index (χ3n) is 1.95. The van der Waals surface area contributed by atoms with E-state index >= 15 is 0 Å². The molecule has 2 aromatic rings. The van der Waals surface area contributed by atoms with Crippen LogP contribution in [0.3, 0.4) is 0 Å². The summed E-state index contributed by atoms with van der Waals surface area (Å²) in [4.78, 5) is 21.7. The highest BCUT2D eigenvalue weighted by molar-refractivity contribution is 7.10. The average molecular weight is 265 g/mol. The zero-order valence-corrected chi connectivity index (χ0v) is 9.68. The number of benzene rings is 1. The minimum atomic E-state index is -0.588. The normalized spacial score (nSPS) is 9.78. The molecule has 2 rings (SSSR count). The lowest BCUT2D eigenvalue weighted by Crippen LogP contribution is -2.19. The van der Waals surface area contributed by atoms with Gasteiger partial charge in [0, 0.05) is 17.6 Å². The summed E-state index contributed by atoms with van der Waals surface area (Å²) in [5.74, 6) is 0. The Balaban J connectivity index is 2.09. The second-order valence-corrected chi connectivity index (χ2v) is 3.92. The molecule has 1 aromatic heterocycles. The Kier molecular flexibility index (Phi) is 3.44. The molecule has 0 saturated heterocycles. The maximum Gasteiger partial charge on any atom is 0.324 e. The topological polar surface area (TPSA) is 110 Å². The van der Waals surface area contributed by atoms with Gasteiger partial charge in [-0.05, 0) is 6.07 Å². The second kappa shape index (κ2) is 5.19. The number of anilines is 2. The van der Waals surface area contributed by atoms with E-state index < -0.39 is 11.0 Å². The van der Waals surface area contributed by atoms with Crippen LogP contribution in [0.15, 0.2) is 30.5 Å². The van der Waals surface area contributed by atoms with Gasteiger partial charge in [-0.25, -0.2) is 4.79 Å². The Labute approximate surface area is 105 Å². The molecule has 92 valence electrons. The minimum absolute atomic E-state index is 0.123. The van der Waals surface area contributed by atoms with E-state index in [9.17, 15) is 14.9 Å². The van der Waals surface area contributed by atoms with Crippen LogP contribution >= 0.6 is 11.5 Å². The number of urea groups is 1. The summed E-state index contributed by atoms with van der Waals surface area (Å²) < 4.78 is 3.57. The summed E-state index contributed by atoms with van der Waals surface area (Å²) in [7, 11) is 0. The second-order valence-electron chi connectivity index (χ2n) is 3.14. The summed E-state index contributed by atoms with van der Waals surface area (Å²) in [6, 6.07) is 5.29. The molecule has 18 heavy (non-hydrogen) atoms. The summed E-state index contributed by atoms with van der Waals surface area (Å²) in [5.41, 5.74) is -0.0486. The predicted molar refractivity (Wildman–Crippen MR) is 65.6 cm³/mol. The van der Waals surface area contributed by atoms with Gasteiger partial charge in [0.2, 0.25) is 0 Å². The molecular weight excluding hydrogens is 258 g/mol. The fraction of sp³-hybridized carbons (Fsp3) is 0. The van der Waals surface area contributed by atoms with E-state index in [-0.39, 0.29) is 11.4 Å². The predicted octanol–water partition coefficient (Wildman–Crippen LogP) is 2.09. The molecule has 0 atom stereocenters. The number of amides is 2. The Hall–Kier alpha value is -2.55. The number of hydrogen-bond donors (Lipinski definition) is 2. The van der Waals surface area contributed by atoms with Gasteiger partial charge in [-0.2, -0.15) is 0 Å². The van der Waals surface area contributed by atoms with E-state index in [2.05, 4.69) is 20.2 Å². The summed E-state index contributed by atoms with van der Waals surface area (Å²) >= 11 is 1.01. The van der Waals surface area contributed by atoms with Crippen molar-refractivity contribution in [3.63, 3.8) is 0 Å². The fourth-order valence-electron chi connectivity index (χ4n) is 1.23. The van der Waals surface area contributed by atoms with E-state index in [1.54, 1.807) is 6.07 Å². The standard InChI is InChI=1S/C9H7N5O3S/c15-9(12-8-5-10-13-18-8)11-6-3-1-2-4-7(6)14(16)17/h1-5H,(H2,11,12,15). The van der Waals surface area contributed by atoms with E-state index in [4.69, 9.17) is 0 Å². The van der Waals surface area contributed by atoms with Crippen molar-refractivity contribution in [2.45, 2.75) is 0 Å².